The molecular weight excluding hydrogens is 232 g/mol. The van der Waals surface area contributed by atoms with Crippen molar-refractivity contribution in [3.63, 3.8) is 0 Å². The number of hydrogen-bond donors (Lipinski definition) is 4. The van der Waals surface area contributed by atoms with Crippen molar-refractivity contribution < 1.29 is 24.7 Å². The summed E-state index contributed by atoms with van der Waals surface area (Å²) < 4.78 is 0. The Morgan fingerprint density at radius 2 is 1.47 bits per heavy atom. The van der Waals surface area contributed by atoms with Gasteiger partial charge in [0.25, 0.3) is 0 Å². The van der Waals surface area contributed by atoms with Gasteiger partial charge in [0.15, 0.2) is 0 Å². The molecule has 1 heterocycles. The molecule has 1 aliphatic rings. The molecule has 0 amide bonds. The van der Waals surface area contributed by atoms with Crippen LogP contribution in [0, 0.1) is 0 Å². The number of rotatable bonds is 0. The van der Waals surface area contributed by atoms with Gasteiger partial charge in [0.2, 0.25) is 0 Å². The van der Waals surface area contributed by atoms with Crippen LogP contribution in [0.3, 0.4) is 0 Å². The van der Waals surface area contributed by atoms with Crippen molar-refractivity contribution >= 4 is 17.1 Å². The van der Waals surface area contributed by atoms with Crippen molar-refractivity contribution in [1.82, 2.24) is 0 Å². The minimum atomic E-state index is -4.61. The van der Waals surface area contributed by atoms with E-state index in [1.807, 2.05) is 0 Å². The highest BCUT2D eigenvalue weighted by Crippen LogP contribution is 2.36. The summed E-state index contributed by atoms with van der Waals surface area (Å²) in [5, 5.41) is 0. The molecule has 0 aromatic carbocycles. The second-order valence-electron chi connectivity index (χ2n) is 4.74. The minimum Gasteiger partial charge on any atom is -0.412 e. The summed E-state index contributed by atoms with van der Waals surface area (Å²) in [6, 6.07) is 1.58. The van der Waals surface area contributed by atoms with Crippen LogP contribution in [0.4, 0.5) is 0 Å². The average molecular weight is 256 g/mol. The highest BCUT2D eigenvalue weighted by atomic mass is 28.4. The molecule has 15 heavy (non-hydrogen) atoms. The van der Waals surface area contributed by atoms with Crippen LogP contribution in [0.2, 0.25) is 24.7 Å². The molecule has 0 aromatic heterocycles. The van der Waals surface area contributed by atoms with Crippen LogP contribution in [0.25, 0.3) is 0 Å². The third kappa shape index (κ3) is 10.5. The quantitative estimate of drug-likeness (QED) is 0.451. The van der Waals surface area contributed by atoms with Gasteiger partial charge in [-0.3, -0.25) is 0 Å². The monoisotopic (exact) mass is 256 g/mol. The van der Waals surface area contributed by atoms with Gasteiger partial charge in [-0.05, 0) is 5.54 Å². The largest absolute Gasteiger partial charge is 0.668 e. The zero-order valence-corrected chi connectivity index (χ0v) is 11.7. The summed E-state index contributed by atoms with van der Waals surface area (Å²) in [6.45, 7) is 7.53. The summed E-state index contributed by atoms with van der Waals surface area (Å²) in [5.41, 5.74) is 1.09. The average Bonchev–Trinajstić information content (AvgIpc) is 1.92. The second-order valence-corrected chi connectivity index (χ2v) is 11.4. The van der Waals surface area contributed by atoms with E-state index < -0.39 is 17.1 Å². The topological polar surface area (TPSA) is 112 Å². The van der Waals surface area contributed by atoms with Gasteiger partial charge in [-0.25, -0.2) is 0 Å². The highest BCUT2D eigenvalue weighted by Gasteiger charge is 2.30. The van der Waals surface area contributed by atoms with Crippen LogP contribution in [-0.2, 0) is 0 Å². The first kappa shape index (κ1) is 17.6. The summed E-state index contributed by atoms with van der Waals surface area (Å²) in [4.78, 5) is 29.3. The molecule has 1 fully saturated rings. The molecule has 0 radical (unpaired) electrons. The summed E-state index contributed by atoms with van der Waals surface area (Å²) in [6.07, 6.45) is 4.53. The zero-order chi connectivity index (χ0) is 11.4. The van der Waals surface area contributed by atoms with Crippen molar-refractivity contribution in [3.05, 3.63) is 0 Å². The molecule has 0 spiro atoms. The van der Waals surface area contributed by atoms with Crippen LogP contribution in [0.15, 0.2) is 0 Å². The molecule has 1 atom stereocenters. The first-order valence-electron chi connectivity index (χ1n) is 5.02. The van der Waals surface area contributed by atoms with Gasteiger partial charge < -0.3 is 24.7 Å². The normalized spacial score (nSPS) is 24.6. The fraction of sp³-hybridized carbons (Fsp3) is 1.00. The van der Waals surface area contributed by atoms with Crippen molar-refractivity contribution in [3.8, 4) is 0 Å². The third-order valence-corrected chi connectivity index (χ3v) is 7.64. The molecule has 1 aliphatic heterocycles. The zero-order valence-electron chi connectivity index (χ0n) is 9.69. The molecule has 0 aromatic rings. The van der Waals surface area contributed by atoms with Crippen molar-refractivity contribution in [1.29, 1.82) is 0 Å². The summed E-state index contributed by atoms with van der Waals surface area (Å²) in [7, 11) is -5.30. The van der Waals surface area contributed by atoms with Gasteiger partial charge in [-0.1, -0.05) is 45.3 Å². The maximum Gasteiger partial charge on any atom is 0.668 e. The van der Waals surface area contributed by atoms with E-state index in [1.165, 1.54) is 19.3 Å². The molecule has 94 valence electrons. The van der Waals surface area contributed by atoms with Crippen molar-refractivity contribution in [2.24, 2.45) is 0 Å². The van der Waals surface area contributed by atoms with Crippen LogP contribution in [0.1, 0.15) is 26.2 Å². The van der Waals surface area contributed by atoms with E-state index in [-0.39, 0.29) is 5.48 Å². The van der Waals surface area contributed by atoms with E-state index in [0.717, 1.165) is 5.54 Å². The van der Waals surface area contributed by atoms with E-state index in [0.29, 0.717) is 0 Å². The Hall–Kier alpha value is 0.234. The van der Waals surface area contributed by atoms with E-state index in [9.17, 15) is 0 Å². The smallest absolute Gasteiger partial charge is 0.412 e. The second kappa shape index (κ2) is 6.74. The molecule has 7 heteroatoms. The summed E-state index contributed by atoms with van der Waals surface area (Å²) >= 11 is 0. The van der Waals surface area contributed by atoms with Gasteiger partial charge in [-0.2, -0.15) is 0 Å². The number of hydrogen-bond acceptors (Lipinski definition) is 4. The predicted molar refractivity (Wildman–Crippen MR) is 63.8 cm³/mol. The van der Waals surface area contributed by atoms with Crippen LogP contribution in [0.5, 0.6) is 0 Å². The maximum absolute atomic E-state index is 7.33. The summed E-state index contributed by atoms with van der Waals surface area (Å²) in [5.74, 6) is 0. The lowest BCUT2D eigenvalue weighted by atomic mass is 10.2. The van der Waals surface area contributed by atoms with Gasteiger partial charge in [0.1, 0.15) is 0 Å². The minimum absolute atomic E-state index is 0. The lowest BCUT2D eigenvalue weighted by molar-refractivity contribution is 0.117. The molecule has 5 nitrogen and oxygen atoms in total. The molecule has 0 aliphatic carbocycles. The fourth-order valence-corrected chi connectivity index (χ4v) is 4.31. The molecule has 0 bridgehead atoms. The van der Waals surface area contributed by atoms with Gasteiger partial charge in [0, 0.05) is 0 Å². The molecule has 0 saturated carbocycles. The standard InChI is InChI=1S/C8H18Si.H4O4Si.H2O/c1-8-6-4-5-7-9(8,2)3;1-5(2,3)4;/h8H,4-7H2,1-3H3;1-4H;1H2. The predicted octanol–water partition coefficient (Wildman–Crippen LogP) is -0.165. The highest BCUT2D eigenvalue weighted by molar-refractivity contribution is 6.78. The Labute approximate surface area is 93.2 Å². The first-order valence-corrected chi connectivity index (χ1v) is 10.1. The molecule has 6 N–H and O–H groups in total. The Kier molecular flexibility index (Phi) is 7.92. The van der Waals surface area contributed by atoms with E-state index in [4.69, 9.17) is 19.2 Å². The van der Waals surface area contributed by atoms with E-state index >= 15 is 0 Å². The maximum atomic E-state index is 7.33. The molecule has 1 rings (SSSR count). The SMILES string of the molecule is CC1CCCC[Si]1(C)C.O.O[Si](O)(O)O. The van der Waals surface area contributed by atoms with E-state index in [1.54, 1.807) is 6.04 Å². The van der Waals surface area contributed by atoms with Gasteiger partial charge in [0.05, 0.1) is 8.07 Å². The first-order chi connectivity index (χ1) is 6.13. The van der Waals surface area contributed by atoms with Crippen LogP contribution >= 0.6 is 0 Å². The van der Waals surface area contributed by atoms with Crippen molar-refractivity contribution in [2.45, 2.75) is 50.9 Å². The molecule has 1 saturated heterocycles. The fourth-order valence-electron chi connectivity index (χ4n) is 1.67. The third-order valence-electron chi connectivity index (χ3n) is 3.04. The molecular formula is C8H24O5Si2. The van der Waals surface area contributed by atoms with Gasteiger partial charge in [-0.15, -0.1) is 0 Å². The lowest BCUT2D eigenvalue weighted by Gasteiger charge is -2.34. The Morgan fingerprint density at radius 1 is 1.07 bits per heavy atom. The van der Waals surface area contributed by atoms with Crippen LogP contribution in [-0.4, -0.2) is 41.8 Å². The Balaban J connectivity index is 0. The van der Waals surface area contributed by atoms with Crippen molar-refractivity contribution in [2.75, 3.05) is 0 Å². The Bertz CT molecular complexity index is 163. The van der Waals surface area contributed by atoms with E-state index in [2.05, 4.69) is 20.0 Å². The van der Waals surface area contributed by atoms with Crippen LogP contribution < -0.4 is 0 Å². The lowest BCUT2D eigenvalue weighted by Crippen LogP contribution is -2.33. The Morgan fingerprint density at radius 3 is 1.67 bits per heavy atom. The van der Waals surface area contributed by atoms with Gasteiger partial charge >= 0.3 is 9.05 Å². The molecule has 1 unspecified atom stereocenters.